The SMILES string of the molecule is Cc1c(CC(=O)NC[C@@H]2CCCO2)c(=O)oc2c(C)c3oc4c(c3cc12)CCCC4. The van der Waals surface area contributed by atoms with Crippen LogP contribution in [-0.4, -0.2) is 25.2 Å². The number of aryl methyl sites for hydroxylation is 4. The van der Waals surface area contributed by atoms with Crippen LogP contribution in [0.5, 0.6) is 0 Å². The highest BCUT2D eigenvalue weighted by Crippen LogP contribution is 2.37. The maximum Gasteiger partial charge on any atom is 0.340 e. The van der Waals surface area contributed by atoms with E-state index in [1.807, 2.05) is 13.8 Å². The van der Waals surface area contributed by atoms with Gasteiger partial charge in [0.1, 0.15) is 16.9 Å². The third-order valence-corrected chi connectivity index (χ3v) is 6.61. The highest BCUT2D eigenvalue weighted by Gasteiger charge is 2.24. The molecule has 1 saturated heterocycles. The third kappa shape index (κ3) is 3.23. The largest absolute Gasteiger partial charge is 0.460 e. The Morgan fingerprint density at radius 1 is 1.07 bits per heavy atom. The van der Waals surface area contributed by atoms with Crippen LogP contribution in [0.2, 0.25) is 0 Å². The van der Waals surface area contributed by atoms with E-state index in [2.05, 4.69) is 11.4 Å². The van der Waals surface area contributed by atoms with E-state index < -0.39 is 5.63 Å². The second-order valence-corrected chi connectivity index (χ2v) is 8.57. The van der Waals surface area contributed by atoms with Crippen LogP contribution in [0.4, 0.5) is 0 Å². The summed E-state index contributed by atoms with van der Waals surface area (Å²) >= 11 is 0. The van der Waals surface area contributed by atoms with Crippen LogP contribution in [0.1, 0.15) is 53.7 Å². The zero-order valence-corrected chi connectivity index (χ0v) is 17.6. The predicted molar refractivity (Wildman–Crippen MR) is 114 cm³/mol. The first-order chi connectivity index (χ1) is 14.5. The number of nitrogens with one attached hydrogen (secondary N) is 1. The molecule has 1 aliphatic carbocycles. The third-order valence-electron chi connectivity index (χ3n) is 6.61. The fourth-order valence-electron chi connectivity index (χ4n) is 4.88. The molecule has 0 unspecified atom stereocenters. The molecule has 0 saturated carbocycles. The first kappa shape index (κ1) is 19.4. The van der Waals surface area contributed by atoms with E-state index in [1.165, 1.54) is 5.56 Å². The predicted octanol–water partition coefficient (Wildman–Crippen LogP) is 3.87. The van der Waals surface area contributed by atoms with E-state index in [9.17, 15) is 9.59 Å². The zero-order chi connectivity index (χ0) is 20.8. The van der Waals surface area contributed by atoms with Gasteiger partial charge in [0.25, 0.3) is 0 Å². The van der Waals surface area contributed by atoms with E-state index in [0.29, 0.717) is 17.7 Å². The first-order valence-electron chi connectivity index (χ1n) is 10.9. The van der Waals surface area contributed by atoms with Gasteiger partial charge in [-0.1, -0.05) is 0 Å². The minimum atomic E-state index is -0.453. The molecule has 1 amide bonds. The molecule has 1 aromatic carbocycles. The van der Waals surface area contributed by atoms with Crippen molar-refractivity contribution < 1.29 is 18.4 Å². The van der Waals surface area contributed by atoms with Gasteiger partial charge in [0.05, 0.1) is 18.1 Å². The summed E-state index contributed by atoms with van der Waals surface area (Å²) in [5.41, 5.74) is 4.28. The summed E-state index contributed by atoms with van der Waals surface area (Å²) in [7, 11) is 0. The molecule has 1 atom stereocenters. The Balaban J connectivity index is 1.52. The lowest BCUT2D eigenvalue weighted by atomic mass is 9.93. The number of hydrogen-bond acceptors (Lipinski definition) is 5. The number of fused-ring (bicyclic) bond motifs is 4. The van der Waals surface area contributed by atoms with Gasteiger partial charge < -0.3 is 18.9 Å². The number of amides is 1. The summed E-state index contributed by atoms with van der Waals surface area (Å²) in [6.45, 7) is 5.08. The van der Waals surface area contributed by atoms with Crippen LogP contribution < -0.4 is 10.9 Å². The number of benzene rings is 1. The van der Waals surface area contributed by atoms with Gasteiger partial charge in [-0.25, -0.2) is 4.79 Å². The van der Waals surface area contributed by atoms with Gasteiger partial charge in [-0.15, -0.1) is 0 Å². The van der Waals surface area contributed by atoms with Crippen molar-refractivity contribution in [2.75, 3.05) is 13.2 Å². The standard InChI is InChI=1S/C24H27NO5/c1-13-17-10-19-16-7-3-4-8-20(16)29-23(19)14(2)22(17)30-24(27)18(13)11-21(26)25-12-15-6-5-9-28-15/h10,15H,3-9,11-12H2,1-2H3,(H,25,26)/t15-/m0/s1. The quantitative estimate of drug-likeness (QED) is 0.662. The first-order valence-corrected chi connectivity index (χ1v) is 10.9. The second-order valence-electron chi connectivity index (χ2n) is 8.57. The van der Waals surface area contributed by atoms with Gasteiger partial charge in [0.15, 0.2) is 0 Å². The number of hydrogen-bond donors (Lipinski definition) is 1. The summed E-state index contributed by atoms with van der Waals surface area (Å²) in [5, 5.41) is 4.89. The van der Waals surface area contributed by atoms with E-state index in [1.54, 1.807) is 0 Å². The Bertz CT molecular complexity index is 1200. The fourth-order valence-corrected chi connectivity index (χ4v) is 4.88. The van der Waals surface area contributed by atoms with Crippen LogP contribution >= 0.6 is 0 Å². The average molecular weight is 409 g/mol. The van der Waals surface area contributed by atoms with Crippen molar-refractivity contribution in [2.45, 2.75) is 64.9 Å². The molecular formula is C24H27NO5. The summed E-state index contributed by atoms with van der Waals surface area (Å²) in [6.07, 6.45) is 6.35. The summed E-state index contributed by atoms with van der Waals surface area (Å²) in [4.78, 5) is 25.2. The lowest BCUT2D eigenvalue weighted by Crippen LogP contribution is -2.34. The number of carbonyl (C=O) groups excluding carboxylic acids is 1. The van der Waals surface area contributed by atoms with Gasteiger partial charge in [0, 0.05) is 41.5 Å². The summed E-state index contributed by atoms with van der Waals surface area (Å²) in [5.74, 6) is 0.877. The molecule has 0 spiro atoms. The normalized spacial score (nSPS) is 18.8. The molecule has 1 aliphatic heterocycles. The van der Waals surface area contributed by atoms with Crippen LogP contribution in [0.25, 0.3) is 21.9 Å². The Hall–Kier alpha value is -2.60. The molecule has 1 N–H and O–H groups in total. The number of carbonyl (C=O) groups is 1. The van der Waals surface area contributed by atoms with Crippen molar-refractivity contribution in [3.63, 3.8) is 0 Å². The number of ether oxygens (including phenoxy) is 1. The van der Waals surface area contributed by atoms with E-state index in [0.717, 1.165) is 78.4 Å². The van der Waals surface area contributed by atoms with Crippen molar-refractivity contribution in [3.8, 4) is 0 Å². The van der Waals surface area contributed by atoms with Crippen molar-refractivity contribution in [1.29, 1.82) is 0 Å². The van der Waals surface area contributed by atoms with Gasteiger partial charge in [-0.2, -0.15) is 0 Å². The maximum absolute atomic E-state index is 12.7. The molecule has 0 bridgehead atoms. The fraction of sp³-hybridized carbons (Fsp3) is 0.500. The lowest BCUT2D eigenvalue weighted by Gasteiger charge is -2.12. The van der Waals surface area contributed by atoms with Gasteiger partial charge >= 0.3 is 5.63 Å². The minimum Gasteiger partial charge on any atom is -0.460 e. The van der Waals surface area contributed by atoms with E-state index in [-0.39, 0.29) is 18.4 Å². The molecule has 158 valence electrons. The Morgan fingerprint density at radius 3 is 2.67 bits per heavy atom. The second kappa shape index (κ2) is 7.58. The molecule has 3 heterocycles. The highest BCUT2D eigenvalue weighted by molar-refractivity contribution is 6.00. The zero-order valence-electron chi connectivity index (χ0n) is 17.6. The van der Waals surface area contributed by atoms with Gasteiger partial charge in [-0.3, -0.25) is 4.79 Å². The van der Waals surface area contributed by atoms with Crippen LogP contribution in [-0.2, 0) is 28.8 Å². The highest BCUT2D eigenvalue weighted by atomic mass is 16.5. The molecule has 5 rings (SSSR count). The minimum absolute atomic E-state index is 0.0113. The summed E-state index contributed by atoms with van der Waals surface area (Å²) in [6, 6.07) is 2.08. The maximum atomic E-state index is 12.7. The molecular weight excluding hydrogens is 382 g/mol. The smallest absolute Gasteiger partial charge is 0.340 e. The molecule has 1 fully saturated rings. The molecule has 6 heteroatoms. The van der Waals surface area contributed by atoms with Crippen molar-refractivity contribution in [2.24, 2.45) is 0 Å². The van der Waals surface area contributed by atoms with E-state index >= 15 is 0 Å². The monoisotopic (exact) mass is 409 g/mol. The molecule has 2 aromatic heterocycles. The Labute approximate surface area is 174 Å². The van der Waals surface area contributed by atoms with Crippen molar-refractivity contribution in [3.05, 3.63) is 44.5 Å². The number of furan rings is 1. The average Bonchev–Trinajstić information content (AvgIpc) is 3.39. The van der Waals surface area contributed by atoms with Crippen molar-refractivity contribution in [1.82, 2.24) is 5.32 Å². The molecule has 0 radical (unpaired) electrons. The van der Waals surface area contributed by atoms with Gasteiger partial charge in [-0.05, 0) is 57.6 Å². The molecule has 6 nitrogen and oxygen atoms in total. The van der Waals surface area contributed by atoms with Crippen molar-refractivity contribution >= 4 is 27.8 Å². The molecule has 30 heavy (non-hydrogen) atoms. The Kier molecular flexibility index (Phi) is 4.89. The van der Waals surface area contributed by atoms with Crippen LogP contribution in [0.15, 0.2) is 19.7 Å². The lowest BCUT2D eigenvalue weighted by molar-refractivity contribution is -0.121. The topological polar surface area (TPSA) is 81.7 Å². The van der Waals surface area contributed by atoms with Crippen LogP contribution in [0.3, 0.4) is 0 Å². The van der Waals surface area contributed by atoms with Crippen LogP contribution in [0, 0.1) is 13.8 Å². The molecule has 3 aromatic rings. The Morgan fingerprint density at radius 2 is 1.87 bits per heavy atom. The summed E-state index contributed by atoms with van der Waals surface area (Å²) < 4.78 is 17.4. The molecule has 2 aliphatic rings. The van der Waals surface area contributed by atoms with Gasteiger partial charge in [0.2, 0.25) is 5.91 Å². The number of rotatable bonds is 4. The van der Waals surface area contributed by atoms with E-state index in [4.69, 9.17) is 13.6 Å².